The molecule has 7 heteroatoms. The molecule has 0 spiro atoms. The van der Waals surface area contributed by atoms with Gasteiger partial charge in [0.15, 0.2) is 11.5 Å². The van der Waals surface area contributed by atoms with Crippen LogP contribution in [0, 0.1) is 0 Å². The Balaban J connectivity index is 1.87. The number of carbonyl (C=O) groups is 1. The Kier molecular flexibility index (Phi) is 3.00. The van der Waals surface area contributed by atoms with Crippen molar-refractivity contribution in [2.75, 3.05) is 19.9 Å². The van der Waals surface area contributed by atoms with Crippen LogP contribution in [0.3, 0.4) is 0 Å². The van der Waals surface area contributed by atoms with E-state index in [4.69, 9.17) is 21.1 Å². The summed E-state index contributed by atoms with van der Waals surface area (Å²) in [6.07, 6.45) is -1.82. The fourth-order valence-corrected chi connectivity index (χ4v) is 2.47. The lowest BCUT2D eigenvalue weighted by molar-refractivity contribution is 0.0572. The van der Waals surface area contributed by atoms with E-state index in [2.05, 4.69) is 0 Å². The minimum atomic E-state index is -0.909. The van der Waals surface area contributed by atoms with E-state index < -0.39 is 12.2 Å². The molecule has 19 heavy (non-hydrogen) atoms. The first-order valence-corrected chi connectivity index (χ1v) is 6.18. The average molecular weight is 286 g/mol. The van der Waals surface area contributed by atoms with Crippen LogP contribution < -0.4 is 9.47 Å². The molecule has 2 heterocycles. The van der Waals surface area contributed by atoms with Crippen LogP contribution in [0.1, 0.15) is 10.4 Å². The van der Waals surface area contributed by atoms with Crippen LogP contribution in [0.25, 0.3) is 0 Å². The number of carbonyl (C=O) groups excluding carboxylic acids is 1. The lowest BCUT2D eigenvalue weighted by Crippen LogP contribution is -2.29. The predicted octanol–water partition coefficient (Wildman–Crippen LogP) is 0.246. The average Bonchev–Trinajstić information content (AvgIpc) is 2.96. The summed E-state index contributed by atoms with van der Waals surface area (Å²) < 4.78 is 10.4. The quantitative estimate of drug-likeness (QED) is 0.773. The lowest BCUT2D eigenvalue weighted by Gasteiger charge is -2.15. The summed E-state index contributed by atoms with van der Waals surface area (Å²) >= 11 is 6.01. The fraction of sp³-hybridized carbons (Fsp3) is 0.417. The van der Waals surface area contributed by atoms with E-state index in [0.717, 1.165) is 0 Å². The van der Waals surface area contributed by atoms with Crippen LogP contribution in [0.2, 0.25) is 5.02 Å². The second kappa shape index (κ2) is 4.56. The zero-order valence-electron chi connectivity index (χ0n) is 9.88. The second-order valence-corrected chi connectivity index (χ2v) is 4.94. The fourth-order valence-electron chi connectivity index (χ4n) is 2.21. The minimum Gasteiger partial charge on any atom is -0.454 e. The van der Waals surface area contributed by atoms with E-state index in [-0.39, 0.29) is 25.8 Å². The number of likely N-dealkylation sites (tertiary alicyclic amines) is 1. The molecule has 1 fully saturated rings. The van der Waals surface area contributed by atoms with Gasteiger partial charge in [-0.3, -0.25) is 4.79 Å². The summed E-state index contributed by atoms with van der Waals surface area (Å²) in [6.45, 7) is 0.284. The van der Waals surface area contributed by atoms with Crippen LogP contribution in [0.15, 0.2) is 12.1 Å². The molecule has 1 aromatic carbocycles. The molecule has 2 aliphatic heterocycles. The SMILES string of the molecule is O=C(c1cc(Cl)c2c(c1)OCO2)N1C[C@@H](O)[C@@H](O)C1. The zero-order valence-corrected chi connectivity index (χ0v) is 10.6. The van der Waals surface area contributed by atoms with Gasteiger partial charge in [-0.2, -0.15) is 0 Å². The van der Waals surface area contributed by atoms with E-state index >= 15 is 0 Å². The molecular formula is C12H12ClNO5. The normalized spacial score (nSPS) is 24.9. The molecule has 1 aromatic rings. The summed E-state index contributed by atoms with van der Waals surface area (Å²) in [5, 5.41) is 19.2. The first kappa shape index (κ1) is 12.5. The number of β-amino-alcohol motifs (C(OH)–C–C–N with tert-alkyl or cyclic N) is 2. The van der Waals surface area contributed by atoms with Crippen LogP contribution in [0.4, 0.5) is 0 Å². The molecule has 2 atom stereocenters. The standard InChI is InChI=1S/C12H12ClNO5/c13-7-1-6(2-10-11(7)19-5-18-10)12(17)14-3-8(15)9(16)4-14/h1-2,8-9,15-16H,3-5H2/t8-,9+. The van der Waals surface area contributed by atoms with Crippen molar-refractivity contribution in [2.45, 2.75) is 12.2 Å². The number of benzene rings is 1. The van der Waals surface area contributed by atoms with Gasteiger partial charge in [0.2, 0.25) is 6.79 Å². The molecule has 3 rings (SSSR count). The van der Waals surface area contributed by atoms with Crippen LogP contribution >= 0.6 is 11.6 Å². The number of fused-ring (bicyclic) bond motifs is 1. The van der Waals surface area contributed by atoms with Gasteiger partial charge in [-0.1, -0.05) is 11.6 Å². The van der Waals surface area contributed by atoms with Crippen molar-refractivity contribution in [3.05, 3.63) is 22.7 Å². The van der Waals surface area contributed by atoms with Crippen molar-refractivity contribution < 1.29 is 24.5 Å². The van der Waals surface area contributed by atoms with Gasteiger partial charge < -0.3 is 24.6 Å². The number of amides is 1. The van der Waals surface area contributed by atoms with Crippen LogP contribution in [-0.2, 0) is 0 Å². The summed E-state index contributed by atoms with van der Waals surface area (Å²) in [5.74, 6) is 0.548. The van der Waals surface area contributed by atoms with Gasteiger partial charge >= 0.3 is 0 Å². The molecule has 0 radical (unpaired) electrons. The maximum absolute atomic E-state index is 12.2. The van der Waals surface area contributed by atoms with Gasteiger partial charge in [0, 0.05) is 18.7 Å². The Hall–Kier alpha value is -1.50. The Morgan fingerprint density at radius 1 is 1.26 bits per heavy atom. The highest BCUT2D eigenvalue weighted by atomic mass is 35.5. The largest absolute Gasteiger partial charge is 0.454 e. The van der Waals surface area contributed by atoms with Crippen molar-refractivity contribution in [3.8, 4) is 11.5 Å². The predicted molar refractivity (Wildman–Crippen MR) is 65.5 cm³/mol. The Morgan fingerprint density at radius 3 is 2.63 bits per heavy atom. The van der Waals surface area contributed by atoms with E-state index in [1.165, 1.54) is 11.0 Å². The molecule has 1 amide bonds. The molecule has 102 valence electrons. The van der Waals surface area contributed by atoms with E-state index in [1.807, 2.05) is 0 Å². The number of rotatable bonds is 1. The highest BCUT2D eigenvalue weighted by Gasteiger charge is 2.33. The monoisotopic (exact) mass is 285 g/mol. The minimum absolute atomic E-state index is 0.0772. The smallest absolute Gasteiger partial charge is 0.254 e. The summed E-state index contributed by atoms with van der Waals surface area (Å²) in [6, 6.07) is 3.04. The van der Waals surface area contributed by atoms with Crippen LogP contribution in [0.5, 0.6) is 11.5 Å². The first-order valence-electron chi connectivity index (χ1n) is 5.81. The highest BCUT2D eigenvalue weighted by Crippen LogP contribution is 2.40. The molecule has 2 N–H and O–H groups in total. The lowest BCUT2D eigenvalue weighted by atomic mass is 10.1. The van der Waals surface area contributed by atoms with Crippen molar-refractivity contribution in [2.24, 2.45) is 0 Å². The third-order valence-electron chi connectivity index (χ3n) is 3.22. The van der Waals surface area contributed by atoms with E-state index in [9.17, 15) is 15.0 Å². The number of halogens is 1. The molecule has 0 bridgehead atoms. The second-order valence-electron chi connectivity index (χ2n) is 4.54. The van der Waals surface area contributed by atoms with Gasteiger partial charge in [-0.05, 0) is 12.1 Å². The number of nitrogens with zero attached hydrogens (tertiary/aromatic N) is 1. The van der Waals surface area contributed by atoms with Crippen molar-refractivity contribution in [1.82, 2.24) is 4.90 Å². The van der Waals surface area contributed by atoms with Crippen molar-refractivity contribution >= 4 is 17.5 Å². The number of ether oxygens (including phenoxy) is 2. The third-order valence-corrected chi connectivity index (χ3v) is 3.50. The number of aliphatic hydroxyl groups excluding tert-OH is 2. The molecule has 1 saturated heterocycles. The number of hydrogen-bond donors (Lipinski definition) is 2. The molecule has 0 unspecified atom stereocenters. The maximum Gasteiger partial charge on any atom is 0.254 e. The summed E-state index contributed by atoms with van der Waals surface area (Å²) in [5.41, 5.74) is 0.343. The molecule has 2 aliphatic rings. The zero-order chi connectivity index (χ0) is 13.6. The number of hydrogen-bond acceptors (Lipinski definition) is 5. The van der Waals surface area contributed by atoms with Gasteiger partial charge in [-0.15, -0.1) is 0 Å². The van der Waals surface area contributed by atoms with Gasteiger partial charge in [0.1, 0.15) is 0 Å². The molecule has 0 saturated carbocycles. The Labute approximate surface area is 114 Å². The molecule has 0 aliphatic carbocycles. The van der Waals surface area contributed by atoms with Crippen molar-refractivity contribution in [1.29, 1.82) is 0 Å². The summed E-state index contributed by atoms with van der Waals surface area (Å²) in [4.78, 5) is 13.6. The van der Waals surface area contributed by atoms with Gasteiger partial charge in [0.25, 0.3) is 5.91 Å². The highest BCUT2D eigenvalue weighted by molar-refractivity contribution is 6.32. The first-order chi connectivity index (χ1) is 9.06. The molecule has 6 nitrogen and oxygen atoms in total. The molecule has 0 aromatic heterocycles. The van der Waals surface area contributed by atoms with Crippen LogP contribution in [-0.4, -0.2) is 53.1 Å². The Morgan fingerprint density at radius 2 is 1.95 bits per heavy atom. The maximum atomic E-state index is 12.2. The van der Waals surface area contributed by atoms with Gasteiger partial charge in [0.05, 0.1) is 17.2 Å². The van der Waals surface area contributed by atoms with Gasteiger partial charge in [-0.25, -0.2) is 0 Å². The van der Waals surface area contributed by atoms with Crippen molar-refractivity contribution in [3.63, 3.8) is 0 Å². The Bertz CT molecular complexity index is 525. The molecular weight excluding hydrogens is 274 g/mol. The van der Waals surface area contributed by atoms with E-state index in [1.54, 1.807) is 6.07 Å². The van der Waals surface area contributed by atoms with E-state index in [0.29, 0.717) is 22.1 Å². The third kappa shape index (κ3) is 2.11. The topological polar surface area (TPSA) is 79.2 Å². The summed E-state index contributed by atoms with van der Waals surface area (Å²) in [7, 11) is 0. The number of aliphatic hydroxyl groups is 2.